The van der Waals surface area contributed by atoms with Gasteiger partial charge in [-0.1, -0.05) is 0 Å². The first-order valence-electron chi connectivity index (χ1n) is 4.19. The van der Waals surface area contributed by atoms with Gasteiger partial charge in [-0.2, -0.15) is 0 Å². The minimum absolute atomic E-state index is 0.121. The quantitative estimate of drug-likeness (QED) is 0.531. The Morgan fingerprint density at radius 3 is 2.56 bits per heavy atom. The Hall–Kier alpha value is -2.37. The van der Waals surface area contributed by atoms with E-state index in [0.717, 1.165) is 18.2 Å². The van der Waals surface area contributed by atoms with Crippen LogP contribution in [0.2, 0.25) is 0 Å². The fraction of sp³-hybridized carbons (Fsp3) is 0. The van der Waals surface area contributed by atoms with Crippen LogP contribution in [0.3, 0.4) is 0 Å². The minimum Gasteiger partial charge on any atom is -0.505 e. The monoisotopic (exact) mass is 225 g/mol. The van der Waals surface area contributed by atoms with Crippen molar-refractivity contribution in [3.8, 4) is 5.75 Å². The predicted molar refractivity (Wildman–Crippen MR) is 53.5 cm³/mol. The Morgan fingerprint density at radius 1 is 1.31 bits per heavy atom. The molecule has 0 aromatic heterocycles. The number of nitrogens with one attached hydrogen (secondary N) is 1. The van der Waals surface area contributed by atoms with Gasteiger partial charge in [0.1, 0.15) is 0 Å². The lowest BCUT2D eigenvalue weighted by Crippen LogP contribution is -2.08. The first-order chi connectivity index (χ1) is 7.49. The average molecular weight is 225 g/mol. The molecule has 0 heterocycles. The van der Waals surface area contributed by atoms with Gasteiger partial charge in [0.2, 0.25) is 5.91 Å². The summed E-state index contributed by atoms with van der Waals surface area (Å²) in [5.74, 6) is -3.36. The first kappa shape index (κ1) is 11.7. The molecule has 84 valence electrons. The molecule has 0 spiro atoms. The Bertz CT molecular complexity index is 456. The van der Waals surface area contributed by atoms with Gasteiger partial charge in [0.05, 0.1) is 0 Å². The van der Waals surface area contributed by atoms with E-state index in [1.807, 2.05) is 0 Å². The van der Waals surface area contributed by atoms with E-state index in [1.165, 1.54) is 6.07 Å². The van der Waals surface area contributed by atoms with Crippen LogP contribution in [0.15, 0.2) is 30.4 Å². The number of hydrogen-bond donors (Lipinski definition) is 3. The standard InChI is InChI=1S/C10H8FNO4/c11-7-5-6(1-2-8(7)13)12-9(14)3-4-10(15)16/h1-5,13H,(H,12,14)(H,15,16). The lowest BCUT2D eigenvalue weighted by atomic mass is 10.3. The number of anilines is 1. The molecule has 6 heteroatoms. The first-order valence-corrected chi connectivity index (χ1v) is 4.19. The number of carboxylic acids is 1. The highest BCUT2D eigenvalue weighted by Crippen LogP contribution is 2.19. The molecule has 0 aliphatic rings. The van der Waals surface area contributed by atoms with Crippen molar-refractivity contribution in [2.75, 3.05) is 5.32 Å². The third-order valence-corrected chi connectivity index (χ3v) is 1.59. The lowest BCUT2D eigenvalue weighted by molar-refractivity contribution is -0.131. The lowest BCUT2D eigenvalue weighted by Gasteiger charge is -2.02. The zero-order valence-electron chi connectivity index (χ0n) is 7.98. The van der Waals surface area contributed by atoms with Crippen molar-refractivity contribution in [2.45, 2.75) is 0 Å². The fourth-order valence-corrected chi connectivity index (χ4v) is 0.916. The van der Waals surface area contributed by atoms with Crippen molar-refractivity contribution in [1.82, 2.24) is 0 Å². The third-order valence-electron chi connectivity index (χ3n) is 1.59. The summed E-state index contributed by atoms with van der Waals surface area (Å²) in [5, 5.41) is 19.3. The highest BCUT2D eigenvalue weighted by Gasteiger charge is 2.03. The molecule has 0 unspecified atom stereocenters. The van der Waals surface area contributed by atoms with E-state index in [0.29, 0.717) is 6.08 Å². The van der Waals surface area contributed by atoms with Crippen LogP contribution in [0.5, 0.6) is 5.75 Å². The number of benzene rings is 1. The molecular formula is C10H8FNO4. The second-order valence-corrected chi connectivity index (χ2v) is 2.83. The van der Waals surface area contributed by atoms with Crippen molar-refractivity contribution >= 4 is 17.6 Å². The molecule has 0 aliphatic carbocycles. The van der Waals surface area contributed by atoms with E-state index >= 15 is 0 Å². The number of phenols is 1. The number of hydrogen-bond acceptors (Lipinski definition) is 3. The van der Waals surface area contributed by atoms with E-state index < -0.39 is 23.4 Å². The molecule has 0 atom stereocenters. The second-order valence-electron chi connectivity index (χ2n) is 2.83. The van der Waals surface area contributed by atoms with Crippen molar-refractivity contribution < 1.29 is 24.2 Å². The number of amides is 1. The summed E-state index contributed by atoms with van der Waals surface area (Å²) < 4.78 is 12.8. The van der Waals surface area contributed by atoms with Gasteiger partial charge in [-0.05, 0) is 12.1 Å². The number of phenolic OH excluding ortho intramolecular Hbond substituents is 1. The van der Waals surface area contributed by atoms with Crippen molar-refractivity contribution in [2.24, 2.45) is 0 Å². The predicted octanol–water partition coefficient (Wildman–Crippen LogP) is 1.11. The van der Waals surface area contributed by atoms with E-state index in [-0.39, 0.29) is 5.69 Å². The molecule has 1 rings (SSSR count). The summed E-state index contributed by atoms with van der Waals surface area (Å²) in [6.07, 6.45) is 1.46. The normalized spacial score (nSPS) is 10.3. The van der Waals surface area contributed by atoms with Gasteiger partial charge in [0, 0.05) is 23.9 Å². The van der Waals surface area contributed by atoms with Crippen LogP contribution < -0.4 is 5.32 Å². The van der Waals surface area contributed by atoms with Crippen LogP contribution in [-0.4, -0.2) is 22.1 Å². The van der Waals surface area contributed by atoms with E-state index in [4.69, 9.17) is 10.2 Å². The Labute approximate surface area is 89.8 Å². The molecule has 0 saturated heterocycles. The highest BCUT2D eigenvalue weighted by atomic mass is 19.1. The second kappa shape index (κ2) is 4.92. The Kier molecular flexibility index (Phi) is 3.60. The smallest absolute Gasteiger partial charge is 0.328 e. The van der Waals surface area contributed by atoms with Crippen molar-refractivity contribution in [1.29, 1.82) is 0 Å². The summed E-state index contributed by atoms with van der Waals surface area (Å²) in [6, 6.07) is 3.28. The maximum Gasteiger partial charge on any atom is 0.328 e. The summed E-state index contributed by atoms with van der Waals surface area (Å²) in [7, 11) is 0. The van der Waals surface area contributed by atoms with Crippen LogP contribution in [0.1, 0.15) is 0 Å². The van der Waals surface area contributed by atoms with Gasteiger partial charge < -0.3 is 15.5 Å². The largest absolute Gasteiger partial charge is 0.505 e. The molecule has 0 aliphatic heterocycles. The van der Waals surface area contributed by atoms with Gasteiger partial charge >= 0.3 is 5.97 Å². The molecule has 16 heavy (non-hydrogen) atoms. The molecule has 0 bridgehead atoms. The molecule has 0 fully saturated rings. The number of rotatable bonds is 3. The van der Waals surface area contributed by atoms with Crippen molar-refractivity contribution in [3.05, 3.63) is 36.2 Å². The van der Waals surface area contributed by atoms with E-state index in [1.54, 1.807) is 0 Å². The summed E-state index contributed by atoms with van der Waals surface area (Å²) in [5.41, 5.74) is 0.121. The molecule has 0 radical (unpaired) electrons. The average Bonchev–Trinajstić information content (AvgIpc) is 2.21. The highest BCUT2D eigenvalue weighted by molar-refractivity contribution is 6.02. The van der Waals surface area contributed by atoms with Crippen LogP contribution in [0, 0.1) is 5.82 Å². The van der Waals surface area contributed by atoms with Gasteiger partial charge in [-0.25, -0.2) is 9.18 Å². The van der Waals surface area contributed by atoms with Crippen LogP contribution in [0.4, 0.5) is 10.1 Å². The molecule has 0 saturated carbocycles. The maximum atomic E-state index is 12.8. The number of carboxylic acid groups (broad SMARTS) is 1. The van der Waals surface area contributed by atoms with E-state index in [9.17, 15) is 14.0 Å². The molecule has 1 amide bonds. The van der Waals surface area contributed by atoms with Crippen LogP contribution in [-0.2, 0) is 9.59 Å². The summed E-state index contributed by atoms with van der Waals surface area (Å²) in [6.45, 7) is 0. The summed E-state index contributed by atoms with van der Waals surface area (Å²) >= 11 is 0. The Morgan fingerprint density at radius 2 is 2.00 bits per heavy atom. The topological polar surface area (TPSA) is 86.6 Å². The van der Waals surface area contributed by atoms with Crippen LogP contribution >= 0.6 is 0 Å². The number of carbonyl (C=O) groups is 2. The zero-order valence-corrected chi connectivity index (χ0v) is 7.98. The Balaban J connectivity index is 2.70. The number of aliphatic carboxylic acids is 1. The number of aromatic hydroxyl groups is 1. The molecule has 1 aromatic rings. The number of halogens is 1. The molecule has 1 aromatic carbocycles. The zero-order chi connectivity index (χ0) is 12.1. The van der Waals surface area contributed by atoms with Gasteiger partial charge in [0.25, 0.3) is 0 Å². The molecule has 3 N–H and O–H groups in total. The minimum atomic E-state index is -1.26. The van der Waals surface area contributed by atoms with Gasteiger partial charge in [-0.15, -0.1) is 0 Å². The summed E-state index contributed by atoms with van der Waals surface area (Å²) in [4.78, 5) is 21.2. The molecule has 5 nitrogen and oxygen atoms in total. The van der Waals surface area contributed by atoms with Gasteiger partial charge in [-0.3, -0.25) is 4.79 Å². The van der Waals surface area contributed by atoms with Crippen LogP contribution in [0.25, 0.3) is 0 Å². The molecular weight excluding hydrogens is 217 g/mol. The SMILES string of the molecule is O=C(O)C=CC(=O)Nc1ccc(O)c(F)c1. The third kappa shape index (κ3) is 3.41. The van der Waals surface area contributed by atoms with Crippen molar-refractivity contribution in [3.63, 3.8) is 0 Å². The fourth-order valence-electron chi connectivity index (χ4n) is 0.916. The van der Waals surface area contributed by atoms with E-state index in [2.05, 4.69) is 5.32 Å². The maximum absolute atomic E-state index is 12.8. The number of carbonyl (C=O) groups excluding carboxylic acids is 1. The van der Waals surface area contributed by atoms with Gasteiger partial charge in [0.15, 0.2) is 11.6 Å².